The zero-order valence-electron chi connectivity index (χ0n) is 7.82. The minimum atomic E-state index is 1.29. The van der Waals surface area contributed by atoms with Gasteiger partial charge in [-0.3, -0.25) is 0 Å². The van der Waals surface area contributed by atoms with Crippen LogP contribution in [0.2, 0.25) is 0 Å². The molecular weight excluding hydrogens is 178 g/mol. The maximum absolute atomic E-state index is 2.17. The Bertz CT molecular complexity index is 315. The van der Waals surface area contributed by atoms with Crippen molar-refractivity contribution < 1.29 is 0 Å². The van der Waals surface area contributed by atoms with Crippen LogP contribution in [-0.4, -0.2) is 11.9 Å². The summed E-state index contributed by atoms with van der Waals surface area (Å²) in [5.74, 6) is 0. The van der Waals surface area contributed by atoms with Crippen LogP contribution < -0.4 is 0 Å². The second kappa shape index (κ2) is 3.46. The Labute approximate surface area is 83.4 Å². The number of aryl methyl sites for hydroxylation is 1. The quantitative estimate of drug-likeness (QED) is 0.669. The molecule has 0 atom stereocenters. The van der Waals surface area contributed by atoms with E-state index in [0.29, 0.717) is 0 Å². The van der Waals surface area contributed by atoms with E-state index in [-0.39, 0.29) is 0 Å². The van der Waals surface area contributed by atoms with E-state index in [2.05, 4.69) is 54.7 Å². The third kappa shape index (κ3) is 1.73. The van der Waals surface area contributed by atoms with E-state index < -0.39 is 0 Å². The van der Waals surface area contributed by atoms with Gasteiger partial charge in [-0.25, -0.2) is 0 Å². The lowest BCUT2D eigenvalue weighted by Gasteiger charge is -2.18. The molecule has 0 bridgehead atoms. The topological polar surface area (TPSA) is 3.24 Å². The highest BCUT2D eigenvalue weighted by Gasteiger charge is 2.19. The van der Waals surface area contributed by atoms with E-state index >= 15 is 0 Å². The minimum Gasteiger partial charge on any atom is -0.359 e. The molecule has 1 aliphatic heterocycles. The molecule has 0 unspecified atom stereocenters. The van der Waals surface area contributed by atoms with Crippen LogP contribution in [0.25, 0.3) is 0 Å². The summed E-state index contributed by atoms with van der Waals surface area (Å²) in [6, 6.07) is 8.63. The Morgan fingerprint density at radius 1 is 1.15 bits per heavy atom. The van der Waals surface area contributed by atoms with Gasteiger partial charge in [-0.05, 0) is 17.9 Å². The second-order valence-corrected chi connectivity index (χ2v) is 4.08. The normalized spacial score (nSPS) is 16.9. The van der Waals surface area contributed by atoms with Crippen molar-refractivity contribution in [2.75, 3.05) is 7.05 Å². The van der Waals surface area contributed by atoms with Crippen LogP contribution >= 0.6 is 11.8 Å². The summed E-state index contributed by atoms with van der Waals surface area (Å²) in [6.45, 7) is 2.11. The summed E-state index contributed by atoms with van der Waals surface area (Å²) < 4.78 is 0. The van der Waals surface area contributed by atoms with Crippen molar-refractivity contribution in [1.29, 1.82) is 0 Å². The summed E-state index contributed by atoms with van der Waals surface area (Å²) in [7, 11) is 2.08. The third-order valence-corrected chi connectivity index (χ3v) is 3.09. The molecule has 13 heavy (non-hydrogen) atoms. The number of rotatable bonds is 1. The molecule has 2 rings (SSSR count). The monoisotopic (exact) mass is 190 g/mol. The Morgan fingerprint density at radius 3 is 2.38 bits per heavy atom. The van der Waals surface area contributed by atoms with Gasteiger partial charge in [0.15, 0.2) is 5.37 Å². The summed E-state index contributed by atoms with van der Waals surface area (Å²) >= 11 is 1.77. The van der Waals surface area contributed by atoms with Crippen LogP contribution in [0.3, 0.4) is 0 Å². The Morgan fingerprint density at radius 2 is 1.85 bits per heavy atom. The van der Waals surface area contributed by atoms with Gasteiger partial charge in [-0.1, -0.05) is 41.6 Å². The van der Waals surface area contributed by atoms with Gasteiger partial charge in [0.25, 0.3) is 0 Å². The molecule has 0 saturated carbocycles. The van der Waals surface area contributed by atoms with Gasteiger partial charge in [0, 0.05) is 13.2 Å². The average molecular weight is 190 g/mol. The molecule has 2 heteroatoms. The van der Waals surface area contributed by atoms with E-state index in [1.54, 1.807) is 11.8 Å². The molecular formula is C11H12NS. The standard InChI is InChI=1S/C11H12NS/c1-9-3-5-10(6-4-9)11-12(2)7-8-13-11/h3-8H,1-2H3. The molecule has 1 radical (unpaired) electrons. The molecule has 67 valence electrons. The first-order valence-corrected chi connectivity index (χ1v) is 5.15. The van der Waals surface area contributed by atoms with E-state index in [9.17, 15) is 0 Å². The zero-order chi connectivity index (χ0) is 9.26. The summed E-state index contributed by atoms with van der Waals surface area (Å²) in [4.78, 5) is 2.15. The third-order valence-electron chi connectivity index (χ3n) is 2.08. The highest BCUT2D eigenvalue weighted by atomic mass is 32.2. The molecule has 1 nitrogen and oxygen atoms in total. The highest BCUT2D eigenvalue weighted by Crippen LogP contribution is 2.36. The summed E-state index contributed by atoms with van der Waals surface area (Å²) in [5, 5.41) is 3.41. The van der Waals surface area contributed by atoms with E-state index in [0.717, 1.165) is 0 Å². The molecule has 0 spiro atoms. The first-order valence-electron chi connectivity index (χ1n) is 4.27. The fourth-order valence-electron chi connectivity index (χ4n) is 1.30. The molecule has 0 aromatic heterocycles. The largest absolute Gasteiger partial charge is 0.359 e. The van der Waals surface area contributed by atoms with E-state index in [4.69, 9.17) is 0 Å². The van der Waals surface area contributed by atoms with Gasteiger partial charge < -0.3 is 4.90 Å². The van der Waals surface area contributed by atoms with Gasteiger partial charge in [0.2, 0.25) is 0 Å². The molecule has 1 aromatic carbocycles. The molecule has 1 aromatic rings. The van der Waals surface area contributed by atoms with Gasteiger partial charge in [-0.2, -0.15) is 0 Å². The van der Waals surface area contributed by atoms with Crippen molar-refractivity contribution in [3.05, 3.63) is 52.4 Å². The van der Waals surface area contributed by atoms with Crippen molar-refractivity contribution in [2.45, 2.75) is 6.92 Å². The maximum atomic E-state index is 2.17. The van der Waals surface area contributed by atoms with Crippen LogP contribution in [0, 0.1) is 12.3 Å². The predicted octanol–water partition coefficient (Wildman–Crippen LogP) is 2.98. The Kier molecular flexibility index (Phi) is 2.32. The van der Waals surface area contributed by atoms with Crippen molar-refractivity contribution in [3.8, 4) is 0 Å². The van der Waals surface area contributed by atoms with Gasteiger partial charge in [-0.15, -0.1) is 0 Å². The van der Waals surface area contributed by atoms with Gasteiger partial charge in [0.1, 0.15) is 0 Å². The predicted molar refractivity (Wildman–Crippen MR) is 58.0 cm³/mol. The number of nitrogens with zero attached hydrogens (tertiary/aromatic N) is 1. The van der Waals surface area contributed by atoms with Crippen LogP contribution in [0.5, 0.6) is 0 Å². The van der Waals surface area contributed by atoms with E-state index in [1.165, 1.54) is 16.5 Å². The number of hydrogen-bond acceptors (Lipinski definition) is 2. The molecule has 1 aliphatic rings. The van der Waals surface area contributed by atoms with E-state index in [1.807, 2.05) is 0 Å². The smallest absolute Gasteiger partial charge is 0.153 e. The SMILES string of the molecule is Cc1ccc([C]2SC=CN2C)cc1. The Hall–Kier alpha value is -0.890. The summed E-state index contributed by atoms with van der Waals surface area (Å²) in [6.07, 6.45) is 2.08. The lowest BCUT2D eigenvalue weighted by Crippen LogP contribution is -2.12. The molecule has 0 N–H and O–H groups in total. The van der Waals surface area contributed by atoms with Crippen molar-refractivity contribution in [1.82, 2.24) is 4.90 Å². The zero-order valence-corrected chi connectivity index (χ0v) is 8.64. The fraction of sp³-hybridized carbons (Fsp3) is 0.182. The van der Waals surface area contributed by atoms with Crippen molar-refractivity contribution >= 4 is 11.8 Å². The van der Waals surface area contributed by atoms with Crippen LogP contribution in [0.15, 0.2) is 35.9 Å². The molecule has 0 fully saturated rings. The first kappa shape index (κ1) is 8.70. The highest BCUT2D eigenvalue weighted by molar-refractivity contribution is 8.05. The van der Waals surface area contributed by atoms with Crippen LogP contribution in [0.4, 0.5) is 0 Å². The lowest BCUT2D eigenvalue weighted by molar-refractivity contribution is 0.563. The minimum absolute atomic E-state index is 1.29. The van der Waals surface area contributed by atoms with Crippen LogP contribution in [0.1, 0.15) is 11.1 Å². The Balaban J connectivity index is 2.21. The van der Waals surface area contributed by atoms with Crippen LogP contribution in [-0.2, 0) is 0 Å². The number of benzene rings is 1. The number of hydrogen-bond donors (Lipinski definition) is 0. The van der Waals surface area contributed by atoms with Crippen molar-refractivity contribution in [3.63, 3.8) is 0 Å². The van der Waals surface area contributed by atoms with Crippen molar-refractivity contribution in [2.24, 2.45) is 0 Å². The number of thioether (sulfide) groups is 1. The lowest BCUT2D eigenvalue weighted by atomic mass is 10.1. The molecule has 1 heterocycles. The van der Waals surface area contributed by atoms with Gasteiger partial charge in [0.05, 0.1) is 0 Å². The molecule has 0 amide bonds. The second-order valence-electron chi connectivity index (χ2n) is 3.19. The fourth-order valence-corrected chi connectivity index (χ4v) is 2.18. The maximum Gasteiger partial charge on any atom is 0.153 e. The molecule has 0 aliphatic carbocycles. The van der Waals surface area contributed by atoms with Gasteiger partial charge >= 0.3 is 0 Å². The molecule has 0 saturated heterocycles. The average Bonchev–Trinajstić information content (AvgIpc) is 2.53. The first-order chi connectivity index (χ1) is 6.27. The summed E-state index contributed by atoms with van der Waals surface area (Å²) in [5.41, 5.74) is 2.60.